The molecule has 1 aromatic carbocycles. The van der Waals surface area contributed by atoms with E-state index >= 15 is 0 Å². The number of carboxylic acid groups (broad SMARTS) is 1. The highest BCUT2D eigenvalue weighted by atomic mass is 127. The fourth-order valence-corrected chi connectivity index (χ4v) is 2.46. The van der Waals surface area contributed by atoms with Crippen molar-refractivity contribution < 1.29 is 24.2 Å². The van der Waals surface area contributed by atoms with Gasteiger partial charge in [0.15, 0.2) is 0 Å². The molecule has 0 fully saturated rings. The molecule has 114 valence electrons. The van der Waals surface area contributed by atoms with Crippen LogP contribution in [0.1, 0.15) is 16.8 Å². The van der Waals surface area contributed by atoms with Crippen molar-refractivity contribution in [2.75, 3.05) is 7.11 Å². The molecule has 0 unspecified atom stereocenters. The third kappa shape index (κ3) is 5.01. The number of hydrogen-bond donors (Lipinski definition) is 2. The number of carbonyl (C=O) groups is 3. The summed E-state index contributed by atoms with van der Waals surface area (Å²) >= 11 is 13.6. The van der Waals surface area contributed by atoms with Gasteiger partial charge in [-0.25, -0.2) is 4.79 Å². The second-order valence-electron chi connectivity index (χ2n) is 3.89. The Kier molecular flexibility index (Phi) is 6.69. The summed E-state index contributed by atoms with van der Waals surface area (Å²) in [4.78, 5) is 34.3. The minimum atomic E-state index is -1.40. The maximum absolute atomic E-state index is 12.1. The second-order valence-corrected chi connectivity index (χ2v) is 5.82. The van der Waals surface area contributed by atoms with Gasteiger partial charge in [-0.2, -0.15) is 0 Å². The Balaban J connectivity index is 2.97. The van der Waals surface area contributed by atoms with Crippen LogP contribution in [0.3, 0.4) is 0 Å². The Morgan fingerprint density at radius 3 is 2.52 bits per heavy atom. The summed E-state index contributed by atoms with van der Waals surface area (Å²) < 4.78 is 4.81. The van der Waals surface area contributed by atoms with Crippen LogP contribution in [0.2, 0.25) is 10.0 Å². The average molecular weight is 446 g/mol. The zero-order chi connectivity index (χ0) is 16.2. The van der Waals surface area contributed by atoms with E-state index in [1.165, 1.54) is 12.1 Å². The Bertz CT molecular complexity index is 593. The van der Waals surface area contributed by atoms with Crippen LogP contribution in [0.5, 0.6) is 0 Å². The number of esters is 1. The van der Waals surface area contributed by atoms with Crippen LogP contribution in [0.25, 0.3) is 0 Å². The van der Waals surface area contributed by atoms with Crippen molar-refractivity contribution in [3.05, 3.63) is 31.3 Å². The molecule has 1 amide bonds. The van der Waals surface area contributed by atoms with Crippen LogP contribution < -0.4 is 5.32 Å². The van der Waals surface area contributed by atoms with Crippen LogP contribution >= 0.6 is 45.8 Å². The van der Waals surface area contributed by atoms with Gasteiger partial charge < -0.3 is 15.2 Å². The molecule has 6 nitrogen and oxygen atoms in total. The minimum absolute atomic E-state index is 0.129. The van der Waals surface area contributed by atoms with Gasteiger partial charge in [0.05, 0.1) is 24.1 Å². The van der Waals surface area contributed by atoms with Crippen LogP contribution in [-0.2, 0) is 14.3 Å². The minimum Gasteiger partial charge on any atom is -0.480 e. The highest BCUT2D eigenvalue weighted by Gasteiger charge is 2.25. The maximum atomic E-state index is 12.1. The number of ether oxygens (including phenoxy) is 1. The lowest BCUT2D eigenvalue weighted by Crippen LogP contribution is -2.42. The van der Waals surface area contributed by atoms with E-state index in [4.69, 9.17) is 28.3 Å². The van der Waals surface area contributed by atoms with E-state index in [0.29, 0.717) is 3.57 Å². The number of nitrogens with one attached hydrogen (secondary N) is 1. The maximum Gasteiger partial charge on any atom is 0.326 e. The predicted molar refractivity (Wildman–Crippen MR) is 84.7 cm³/mol. The van der Waals surface area contributed by atoms with E-state index in [0.717, 1.165) is 7.11 Å². The number of rotatable bonds is 5. The third-order valence-corrected chi connectivity index (χ3v) is 4.44. The standard InChI is InChI=1S/C12H10Cl2INO5/c1-21-9(17)4-8(12(19)20)16-11(18)6-2-5(13)3-7(14)10(6)15/h2-3,8H,4H2,1H3,(H,16,18)(H,19,20)/t8-/m0/s1. The topological polar surface area (TPSA) is 92.7 Å². The van der Waals surface area contributed by atoms with Gasteiger partial charge in [0.1, 0.15) is 6.04 Å². The number of methoxy groups -OCH3 is 1. The molecule has 21 heavy (non-hydrogen) atoms. The lowest BCUT2D eigenvalue weighted by molar-refractivity contribution is -0.147. The molecular formula is C12H10Cl2INO5. The number of amides is 1. The van der Waals surface area contributed by atoms with E-state index in [1.54, 1.807) is 0 Å². The highest BCUT2D eigenvalue weighted by Crippen LogP contribution is 2.26. The molecule has 0 bridgehead atoms. The first-order chi connectivity index (χ1) is 9.76. The van der Waals surface area contributed by atoms with E-state index in [-0.39, 0.29) is 15.6 Å². The molecule has 0 aliphatic rings. The molecule has 9 heteroatoms. The lowest BCUT2D eigenvalue weighted by atomic mass is 10.1. The van der Waals surface area contributed by atoms with Gasteiger partial charge in [0.2, 0.25) is 0 Å². The fraction of sp³-hybridized carbons (Fsp3) is 0.250. The Hall–Kier alpha value is -1.06. The smallest absolute Gasteiger partial charge is 0.326 e. The largest absolute Gasteiger partial charge is 0.480 e. The Morgan fingerprint density at radius 2 is 2.00 bits per heavy atom. The zero-order valence-corrected chi connectivity index (χ0v) is 14.3. The first-order valence-electron chi connectivity index (χ1n) is 5.51. The van der Waals surface area contributed by atoms with E-state index in [9.17, 15) is 14.4 Å². The number of halogens is 3. The molecule has 0 saturated heterocycles. The van der Waals surface area contributed by atoms with Gasteiger partial charge in [0.25, 0.3) is 5.91 Å². The van der Waals surface area contributed by atoms with E-state index in [2.05, 4.69) is 10.1 Å². The van der Waals surface area contributed by atoms with Crippen molar-refractivity contribution in [1.82, 2.24) is 5.32 Å². The van der Waals surface area contributed by atoms with Crippen LogP contribution in [0, 0.1) is 3.57 Å². The van der Waals surface area contributed by atoms with Crippen molar-refractivity contribution in [3.63, 3.8) is 0 Å². The Labute approximate surface area is 143 Å². The number of carboxylic acids is 1. The van der Waals surface area contributed by atoms with Crippen molar-refractivity contribution >= 4 is 63.6 Å². The van der Waals surface area contributed by atoms with Crippen molar-refractivity contribution in [2.45, 2.75) is 12.5 Å². The number of hydrogen-bond acceptors (Lipinski definition) is 4. The molecule has 1 rings (SSSR count). The fourth-order valence-electron chi connectivity index (χ4n) is 1.41. The summed E-state index contributed by atoms with van der Waals surface area (Å²) in [5.41, 5.74) is 0.129. The third-order valence-electron chi connectivity index (χ3n) is 2.44. The van der Waals surface area contributed by atoms with Crippen LogP contribution in [-0.4, -0.2) is 36.1 Å². The number of carbonyl (C=O) groups excluding carboxylic acids is 2. The molecule has 1 atom stereocenters. The van der Waals surface area contributed by atoms with Gasteiger partial charge in [-0.05, 0) is 34.7 Å². The molecule has 0 radical (unpaired) electrons. The summed E-state index contributed by atoms with van der Waals surface area (Å²) in [6.07, 6.45) is -0.484. The Morgan fingerprint density at radius 1 is 1.38 bits per heavy atom. The molecular weight excluding hydrogens is 436 g/mol. The summed E-state index contributed by atoms with van der Waals surface area (Å²) in [5.74, 6) is -2.79. The summed E-state index contributed by atoms with van der Waals surface area (Å²) in [6.45, 7) is 0. The molecule has 0 aromatic heterocycles. The average Bonchev–Trinajstić information content (AvgIpc) is 2.41. The van der Waals surface area contributed by atoms with Crippen LogP contribution in [0.4, 0.5) is 0 Å². The number of benzene rings is 1. The first-order valence-corrected chi connectivity index (χ1v) is 7.34. The first kappa shape index (κ1) is 18.0. The molecule has 0 heterocycles. The van der Waals surface area contributed by atoms with E-state index in [1.807, 2.05) is 22.6 Å². The molecule has 2 N–H and O–H groups in total. The second kappa shape index (κ2) is 7.81. The van der Waals surface area contributed by atoms with Gasteiger partial charge in [-0.3, -0.25) is 9.59 Å². The SMILES string of the molecule is COC(=O)C[C@H](NC(=O)c1cc(Cl)cc(Cl)c1I)C(=O)O. The molecule has 0 aliphatic carbocycles. The number of aliphatic carboxylic acids is 1. The normalized spacial score (nSPS) is 11.6. The summed E-state index contributed by atoms with van der Waals surface area (Å²) in [7, 11) is 1.13. The van der Waals surface area contributed by atoms with Gasteiger partial charge in [-0.1, -0.05) is 23.2 Å². The molecule has 0 aliphatic heterocycles. The van der Waals surface area contributed by atoms with Gasteiger partial charge >= 0.3 is 11.9 Å². The monoisotopic (exact) mass is 445 g/mol. The zero-order valence-electron chi connectivity index (χ0n) is 10.7. The quantitative estimate of drug-likeness (QED) is 0.412. The molecule has 1 aromatic rings. The van der Waals surface area contributed by atoms with Crippen LogP contribution in [0.15, 0.2) is 12.1 Å². The van der Waals surface area contributed by atoms with Crippen molar-refractivity contribution in [3.8, 4) is 0 Å². The molecule has 0 spiro atoms. The van der Waals surface area contributed by atoms with E-state index < -0.39 is 30.3 Å². The highest BCUT2D eigenvalue weighted by molar-refractivity contribution is 14.1. The van der Waals surface area contributed by atoms with Crippen molar-refractivity contribution in [2.24, 2.45) is 0 Å². The molecule has 0 saturated carbocycles. The van der Waals surface area contributed by atoms with Gasteiger partial charge in [-0.15, -0.1) is 0 Å². The van der Waals surface area contributed by atoms with Gasteiger partial charge in [0, 0.05) is 8.59 Å². The van der Waals surface area contributed by atoms with Crippen molar-refractivity contribution in [1.29, 1.82) is 0 Å². The summed E-state index contributed by atoms with van der Waals surface area (Å²) in [5, 5.41) is 11.8. The summed E-state index contributed by atoms with van der Waals surface area (Å²) in [6, 6.07) is 1.42. The predicted octanol–water partition coefficient (Wildman–Crippen LogP) is 2.34. The lowest BCUT2D eigenvalue weighted by Gasteiger charge is -2.14.